The van der Waals surface area contributed by atoms with E-state index >= 15 is 0 Å². The van der Waals surface area contributed by atoms with Gasteiger partial charge in [-0.25, -0.2) is 0 Å². The molecule has 0 aliphatic heterocycles. The van der Waals surface area contributed by atoms with Gasteiger partial charge in [0.25, 0.3) is 0 Å². The van der Waals surface area contributed by atoms with Gasteiger partial charge in [-0.3, -0.25) is 0 Å². The third-order valence-corrected chi connectivity index (χ3v) is 3.65. The lowest BCUT2D eigenvalue weighted by Gasteiger charge is -2.11. The molecule has 2 aromatic carbocycles. The Kier molecular flexibility index (Phi) is 4.21. The van der Waals surface area contributed by atoms with E-state index < -0.39 is 0 Å². The average molecular weight is 377 g/mol. The van der Waals surface area contributed by atoms with Gasteiger partial charge in [-0.15, -0.1) is 0 Å². The summed E-state index contributed by atoms with van der Waals surface area (Å²) in [6.45, 7) is 0. The van der Waals surface area contributed by atoms with Crippen LogP contribution in [0.5, 0.6) is 0 Å². The highest BCUT2D eigenvalue weighted by Crippen LogP contribution is 2.29. The predicted molar refractivity (Wildman–Crippen MR) is 81.0 cm³/mol. The molecule has 5 heteroatoms. The van der Waals surface area contributed by atoms with E-state index in [1.54, 1.807) is 30.3 Å². The van der Waals surface area contributed by atoms with Crippen LogP contribution in [0.4, 0.5) is 11.4 Å². The van der Waals surface area contributed by atoms with Crippen LogP contribution < -0.4 is 5.32 Å². The van der Waals surface area contributed by atoms with Crippen LogP contribution in [-0.4, -0.2) is 0 Å². The molecule has 0 aliphatic carbocycles. The molecule has 0 spiro atoms. The number of hydrogen-bond donors (Lipinski definition) is 1. The number of anilines is 2. The van der Waals surface area contributed by atoms with Crippen LogP contribution in [0.15, 0.2) is 45.3 Å². The van der Waals surface area contributed by atoms with E-state index in [0.717, 1.165) is 4.47 Å². The van der Waals surface area contributed by atoms with Gasteiger partial charge in [0.1, 0.15) is 12.1 Å². The zero-order valence-corrected chi connectivity index (χ0v) is 12.8. The summed E-state index contributed by atoms with van der Waals surface area (Å²) in [5.41, 5.74) is 2.34. The minimum atomic E-state index is 0.506. The minimum absolute atomic E-state index is 0.506. The second kappa shape index (κ2) is 5.88. The number of rotatable bonds is 2. The lowest BCUT2D eigenvalue weighted by molar-refractivity contribution is 1.42. The Morgan fingerprint density at radius 2 is 1.74 bits per heavy atom. The molecule has 0 radical (unpaired) electrons. The van der Waals surface area contributed by atoms with Gasteiger partial charge in [-0.1, -0.05) is 22.0 Å². The Bertz CT molecular complexity index is 712. The van der Waals surface area contributed by atoms with Crippen LogP contribution in [0.3, 0.4) is 0 Å². The van der Waals surface area contributed by atoms with E-state index in [1.807, 2.05) is 6.07 Å². The Hall–Kier alpha value is -1.82. The van der Waals surface area contributed by atoms with E-state index in [4.69, 9.17) is 10.5 Å². The largest absolute Gasteiger partial charge is 0.353 e. The normalized spacial score (nSPS) is 9.47. The number of nitrogens with one attached hydrogen (secondary N) is 1. The van der Waals surface area contributed by atoms with Gasteiger partial charge in [0.05, 0.1) is 22.5 Å². The van der Waals surface area contributed by atoms with Crippen molar-refractivity contribution in [2.75, 3.05) is 5.32 Å². The second-order valence-corrected chi connectivity index (χ2v) is 5.47. The third-order valence-electron chi connectivity index (χ3n) is 2.50. The van der Waals surface area contributed by atoms with Crippen molar-refractivity contribution >= 4 is 43.2 Å². The van der Waals surface area contributed by atoms with E-state index in [1.165, 1.54) is 0 Å². The minimum Gasteiger partial charge on any atom is -0.353 e. The van der Waals surface area contributed by atoms with E-state index in [0.29, 0.717) is 27.0 Å². The number of nitrogens with zero attached hydrogens (tertiary/aromatic N) is 2. The van der Waals surface area contributed by atoms with Crippen LogP contribution in [0.1, 0.15) is 11.1 Å². The van der Waals surface area contributed by atoms with Crippen molar-refractivity contribution < 1.29 is 0 Å². The smallest absolute Gasteiger partial charge is 0.103 e. The van der Waals surface area contributed by atoms with Gasteiger partial charge in [0.15, 0.2) is 0 Å². The summed E-state index contributed by atoms with van der Waals surface area (Å²) in [6.07, 6.45) is 0. The summed E-state index contributed by atoms with van der Waals surface area (Å²) in [5.74, 6) is 0. The second-order valence-electron chi connectivity index (χ2n) is 3.70. The molecule has 0 saturated carbocycles. The molecular formula is C14H7Br2N3. The standard InChI is InChI=1S/C14H7Br2N3/c15-10-5-4-9(7-17)14(6-10)19-13-3-1-2-12(16)11(13)8-18/h1-6,19H. The average Bonchev–Trinajstić information content (AvgIpc) is 2.39. The fraction of sp³-hybridized carbons (Fsp3) is 0. The van der Waals surface area contributed by atoms with Gasteiger partial charge >= 0.3 is 0 Å². The van der Waals surface area contributed by atoms with Crippen LogP contribution in [0.25, 0.3) is 0 Å². The maximum atomic E-state index is 9.16. The van der Waals surface area contributed by atoms with Crippen LogP contribution in [-0.2, 0) is 0 Å². The molecule has 92 valence electrons. The molecule has 2 aromatic rings. The Morgan fingerprint density at radius 3 is 2.42 bits per heavy atom. The summed E-state index contributed by atoms with van der Waals surface area (Å²) in [7, 11) is 0. The molecule has 2 rings (SSSR count). The summed E-state index contributed by atoms with van der Waals surface area (Å²) in [4.78, 5) is 0. The highest BCUT2D eigenvalue weighted by Gasteiger charge is 2.09. The van der Waals surface area contributed by atoms with Crippen molar-refractivity contribution in [2.24, 2.45) is 0 Å². The Labute approximate surface area is 127 Å². The number of benzene rings is 2. The zero-order chi connectivity index (χ0) is 13.8. The molecule has 0 aromatic heterocycles. The van der Waals surface area contributed by atoms with E-state index in [2.05, 4.69) is 49.3 Å². The molecular weight excluding hydrogens is 370 g/mol. The molecule has 0 aliphatic rings. The van der Waals surface area contributed by atoms with Crippen molar-refractivity contribution in [1.82, 2.24) is 0 Å². The fourth-order valence-corrected chi connectivity index (χ4v) is 2.42. The first-order valence-corrected chi connectivity index (χ1v) is 6.89. The Balaban J connectivity index is 2.49. The fourth-order valence-electron chi connectivity index (χ4n) is 1.60. The highest BCUT2D eigenvalue weighted by molar-refractivity contribution is 9.10. The molecule has 0 saturated heterocycles. The summed E-state index contributed by atoms with van der Waals surface area (Å²) < 4.78 is 1.58. The quantitative estimate of drug-likeness (QED) is 0.826. The van der Waals surface area contributed by atoms with Crippen molar-refractivity contribution in [3.63, 3.8) is 0 Å². The lowest BCUT2D eigenvalue weighted by atomic mass is 10.1. The van der Waals surface area contributed by atoms with Gasteiger partial charge < -0.3 is 5.32 Å². The molecule has 0 amide bonds. The number of halogens is 2. The molecule has 0 unspecified atom stereocenters. The van der Waals surface area contributed by atoms with Crippen molar-refractivity contribution in [3.05, 3.63) is 56.5 Å². The topological polar surface area (TPSA) is 59.6 Å². The first kappa shape index (κ1) is 13.6. The molecule has 1 N–H and O–H groups in total. The third kappa shape index (κ3) is 2.96. The molecule has 0 atom stereocenters. The van der Waals surface area contributed by atoms with Gasteiger partial charge in [0.2, 0.25) is 0 Å². The van der Waals surface area contributed by atoms with E-state index in [-0.39, 0.29) is 0 Å². The van der Waals surface area contributed by atoms with Gasteiger partial charge in [-0.2, -0.15) is 10.5 Å². The highest BCUT2D eigenvalue weighted by atomic mass is 79.9. The summed E-state index contributed by atoms with van der Waals surface area (Å²) >= 11 is 6.70. The molecule has 0 fully saturated rings. The lowest BCUT2D eigenvalue weighted by Crippen LogP contribution is -1.96. The van der Waals surface area contributed by atoms with Crippen LogP contribution in [0, 0.1) is 22.7 Å². The van der Waals surface area contributed by atoms with Gasteiger partial charge in [0, 0.05) is 8.95 Å². The van der Waals surface area contributed by atoms with Crippen molar-refractivity contribution in [2.45, 2.75) is 0 Å². The molecule has 0 bridgehead atoms. The number of nitriles is 2. The van der Waals surface area contributed by atoms with Crippen molar-refractivity contribution in [3.8, 4) is 12.1 Å². The summed E-state index contributed by atoms with van der Waals surface area (Å²) in [6, 6.07) is 15.0. The molecule has 3 nitrogen and oxygen atoms in total. The predicted octanol–water partition coefficient (Wildman–Crippen LogP) is 4.70. The maximum Gasteiger partial charge on any atom is 0.103 e. The van der Waals surface area contributed by atoms with Crippen LogP contribution >= 0.6 is 31.9 Å². The SMILES string of the molecule is N#Cc1ccc(Br)cc1Nc1cccc(Br)c1C#N. The van der Waals surface area contributed by atoms with Crippen molar-refractivity contribution in [1.29, 1.82) is 10.5 Å². The molecule has 19 heavy (non-hydrogen) atoms. The Morgan fingerprint density at radius 1 is 0.947 bits per heavy atom. The zero-order valence-electron chi connectivity index (χ0n) is 9.61. The summed E-state index contributed by atoms with van der Waals surface area (Å²) in [5, 5.41) is 21.4. The number of hydrogen-bond acceptors (Lipinski definition) is 3. The first-order chi connectivity index (χ1) is 9.15. The van der Waals surface area contributed by atoms with Crippen LogP contribution in [0.2, 0.25) is 0 Å². The van der Waals surface area contributed by atoms with Gasteiger partial charge in [-0.05, 0) is 46.3 Å². The van der Waals surface area contributed by atoms with E-state index in [9.17, 15) is 0 Å². The molecule has 0 heterocycles. The first-order valence-electron chi connectivity index (χ1n) is 5.31. The monoisotopic (exact) mass is 375 g/mol. The maximum absolute atomic E-state index is 9.16.